The van der Waals surface area contributed by atoms with Crippen molar-refractivity contribution in [2.24, 2.45) is 0 Å². The van der Waals surface area contributed by atoms with Gasteiger partial charge < -0.3 is 5.11 Å². The normalized spacial score (nSPS) is 10.5. The molecule has 0 spiro atoms. The number of aliphatic hydroxyl groups is 1. The van der Waals surface area contributed by atoms with Gasteiger partial charge in [-0.15, -0.1) is 11.3 Å². The monoisotopic (exact) mass is 237 g/mol. The number of thiophene rings is 1. The predicted molar refractivity (Wildman–Crippen MR) is 63.3 cm³/mol. The van der Waals surface area contributed by atoms with Crippen LogP contribution >= 0.6 is 23.1 Å². The van der Waals surface area contributed by atoms with Crippen LogP contribution < -0.4 is 0 Å². The quantitative estimate of drug-likeness (QED) is 0.890. The second kappa shape index (κ2) is 4.79. The Labute approximate surface area is 97.0 Å². The number of nitrogens with zero attached hydrogens (tertiary/aromatic N) is 1. The molecular formula is C11H11NOS2. The molecule has 78 valence electrons. The molecule has 4 heteroatoms. The first-order valence-electron chi connectivity index (χ1n) is 4.57. The Morgan fingerprint density at radius 2 is 2.40 bits per heavy atom. The molecule has 2 aromatic heterocycles. The van der Waals surface area contributed by atoms with Crippen molar-refractivity contribution in [1.82, 2.24) is 4.98 Å². The van der Waals surface area contributed by atoms with E-state index >= 15 is 0 Å². The Morgan fingerprint density at radius 3 is 3.00 bits per heavy atom. The molecule has 0 saturated carbocycles. The summed E-state index contributed by atoms with van der Waals surface area (Å²) in [4.78, 5) is 4.33. The molecule has 2 rings (SSSR count). The highest BCUT2D eigenvalue weighted by Gasteiger charge is 2.04. The van der Waals surface area contributed by atoms with Gasteiger partial charge in [-0.05, 0) is 35.6 Å². The fourth-order valence-corrected chi connectivity index (χ4v) is 2.94. The Balaban J connectivity index is 2.22. The van der Waals surface area contributed by atoms with E-state index in [1.807, 2.05) is 19.1 Å². The third-order valence-electron chi connectivity index (χ3n) is 1.96. The van der Waals surface area contributed by atoms with Gasteiger partial charge in [0.15, 0.2) is 0 Å². The van der Waals surface area contributed by atoms with Crippen LogP contribution in [0.4, 0.5) is 0 Å². The lowest BCUT2D eigenvalue weighted by molar-refractivity contribution is 0.281. The molecule has 2 nitrogen and oxygen atoms in total. The van der Waals surface area contributed by atoms with Crippen LogP contribution in [0.2, 0.25) is 0 Å². The molecule has 0 aliphatic carbocycles. The topological polar surface area (TPSA) is 33.1 Å². The van der Waals surface area contributed by atoms with Crippen molar-refractivity contribution in [1.29, 1.82) is 0 Å². The SMILES string of the molecule is Cc1cc(CO)cnc1Sc1cccs1. The van der Waals surface area contributed by atoms with Crippen LogP contribution in [0.3, 0.4) is 0 Å². The smallest absolute Gasteiger partial charge is 0.104 e. The molecule has 2 aromatic rings. The molecular weight excluding hydrogens is 226 g/mol. The van der Waals surface area contributed by atoms with Crippen molar-refractivity contribution in [2.45, 2.75) is 22.8 Å². The van der Waals surface area contributed by atoms with E-state index in [1.165, 1.54) is 4.21 Å². The van der Waals surface area contributed by atoms with Crippen molar-refractivity contribution in [3.8, 4) is 0 Å². The van der Waals surface area contributed by atoms with Gasteiger partial charge in [-0.2, -0.15) is 0 Å². The molecule has 0 aliphatic heterocycles. The Bertz CT molecular complexity index is 440. The number of rotatable bonds is 3. The van der Waals surface area contributed by atoms with Crippen LogP contribution in [0.1, 0.15) is 11.1 Å². The van der Waals surface area contributed by atoms with Crippen molar-refractivity contribution in [3.63, 3.8) is 0 Å². The summed E-state index contributed by atoms with van der Waals surface area (Å²) < 4.78 is 1.24. The van der Waals surface area contributed by atoms with Crippen LogP contribution in [-0.4, -0.2) is 10.1 Å². The summed E-state index contributed by atoms with van der Waals surface area (Å²) >= 11 is 3.38. The van der Waals surface area contributed by atoms with Crippen LogP contribution in [0, 0.1) is 6.92 Å². The highest BCUT2D eigenvalue weighted by Crippen LogP contribution is 2.31. The first-order valence-corrected chi connectivity index (χ1v) is 6.27. The van der Waals surface area contributed by atoms with Crippen molar-refractivity contribution >= 4 is 23.1 Å². The number of aliphatic hydroxyl groups excluding tert-OH is 1. The lowest BCUT2D eigenvalue weighted by atomic mass is 10.2. The molecule has 0 aromatic carbocycles. The van der Waals surface area contributed by atoms with Gasteiger partial charge in [0.1, 0.15) is 5.03 Å². The Hall–Kier alpha value is -0.840. The lowest BCUT2D eigenvalue weighted by Crippen LogP contribution is -1.90. The van der Waals surface area contributed by atoms with Gasteiger partial charge in [-0.25, -0.2) is 4.98 Å². The lowest BCUT2D eigenvalue weighted by Gasteiger charge is -2.04. The molecule has 0 fully saturated rings. The largest absolute Gasteiger partial charge is 0.392 e. The summed E-state index contributed by atoms with van der Waals surface area (Å²) in [5.74, 6) is 0. The fourth-order valence-electron chi connectivity index (χ4n) is 1.23. The summed E-state index contributed by atoms with van der Waals surface area (Å²) in [6.07, 6.45) is 1.73. The van der Waals surface area contributed by atoms with E-state index in [-0.39, 0.29) is 6.61 Å². The van der Waals surface area contributed by atoms with E-state index in [0.717, 1.165) is 16.2 Å². The standard InChI is InChI=1S/C11H11NOS2/c1-8-5-9(7-13)6-12-11(8)15-10-3-2-4-14-10/h2-6,13H,7H2,1H3. The van der Waals surface area contributed by atoms with Gasteiger partial charge in [0.25, 0.3) is 0 Å². The molecule has 15 heavy (non-hydrogen) atoms. The van der Waals surface area contributed by atoms with E-state index in [4.69, 9.17) is 5.11 Å². The average Bonchev–Trinajstić information content (AvgIpc) is 2.74. The molecule has 0 bridgehead atoms. The van der Waals surface area contributed by atoms with E-state index in [1.54, 1.807) is 29.3 Å². The molecule has 0 atom stereocenters. The van der Waals surface area contributed by atoms with Crippen LogP contribution in [0.15, 0.2) is 39.0 Å². The molecule has 0 radical (unpaired) electrons. The molecule has 2 heterocycles. The van der Waals surface area contributed by atoms with Crippen molar-refractivity contribution in [3.05, 3.63) is 40.9 Å². The highest BCUT2D eigenvalue weighted by molar-refractivity contribution is 8.01. The van der Waals surface area contributed by atoms with E-state index < -0.39 is 0 Å². The zero-order valence-corrected chi connectivity index (χ0v) is 9.94. The van der Waals surface area contributed by atoms with Gasteiger partial charge >= 0.3 is 0 Å². The van der Waals surface area contributed by atoms with Gasteiger partial charge in [-0.3, -0.25) is 0 Å². The first-order chi connectivity index (χ1) is 7.29. The average molecular weight is 237 g/mol. The van der Waals surface area contributed by atoms with Crippen LogP contribution in [0.5, 0.6) is 0 Å². The summed E-state index contributed by atoms with van der Waals surface area (Å²) in [6, 6.07) is 6.09. The maximum Gasteiger partial charge on any atom is 0.104 e. The van der Waals surface area contributed by atoms with E-state index in [0.29, 0.717) is 0 Å². The van der Waals surface area contributed by atoms with Gasteiger partial charge in [0, 0.05) is 6.20 Å². The van der Waals surface area contributed by atoms with E-state index in [9.17, 15) is 0 Å². The Kier molecular flexibility index (Phi) is 3.41. The Morgan fingerprint density at radius 1 is 1.53 bits per heavy atom. The van der Waals surface area contributed by atoms with Gasteiger partial charge in [0.05, 0.1) is 10.8 Å². The zero-order valence-electron chi connectivity index (χ0n) is 8.30. The molecule has 1 N–H and O–H groups in total. The first kappa shape index (κ1) is 10.7. The predicted octanol–water partition coefficient (Wildman–Crippen LogP) is 3.10. The number of aryl methyl sites for hydroxylation is 1. The molecule has 0 unspecified atom stereocenters. The summed E-state index contributed by atoms with van der Waals surface area (Å²) in [7, 11) is 0. The number of hydrogen-bond acceptors (Lipinski definition) is 4. The minimum atomic E-state index is 0.0534. The second-order valence-corrected chi connectivity index (χ2v) is 5.39. The third-order valence-corrected chi connectivity index (χ3v) is 4.12. The fraction of sp³-hybridized carbons (Fsp3) is 0.182. The number of pyridine rings is 1. The van der Waals surface area contributed by atoms with Gasteiger partial charge in [0.2, 0.25) is 0 Å². The molecule has 0 amide bonds. The third kappa shape index (κ3) is 2.59. The van der Waals surface area contributed by atoms with Crippen molar-refractivity contribution in [2.75, 3.05) is 0 Å². The zero-order chi connectivity index (χ0) is 10.7. The number of aromatic nitrogens is 1. The van der Waals surface area contributed by atoms with E-state index in [2.05, 4.69) is 16.4 Å². The number of hydrogen-bond donors (Lipinski definition) is 1. The van der Waals surface area contributed by atoms with Gasteiger partial charge in [-0.1, -0.05) is 17.8 Å². The second-order valence-electron chi connectivity index (χ2n) is 3.16. The highest BCUT2D eigenvalue weighted by atomic mass is 32.2. The maximum absolute atomic E-state index is 8.96. The van der Waals surface area contributed by atoms with Crippen molar-refractivity contribution < 1.29 is 5.11 Å². The maximum atomic E-state index is 8.96. The summed E-state index contributed by atoms with van der Waals surface area (Å²) in [5.41, 5.74) is 1.97. The summed E-state index contributed by atoms with van der Waals surface area (Å²) in [6.45, 7) is 2.07. The minimum Gasteiger partial charge on any atom is -0.392 e. The van der Waals surface area contributed by atoms with Crippen LogP contribution in [-0.2, 0) is 6.61 Å². The molecule has 0 saturated heterocycles. The minimum absolute atomic E-state index is 0.0534. The molecule has 0 aliphatic rings. The summed E-state index contributed by atoms with van der Waals surface area (Å²) in [5, 5.41) is 12.0. The van der Waals surface area contributed by atoms with Crippen LogP contribution in [0.25, 0.3) is 0 Å².